The highest BCUT2D eigenvalue weighted by molar-refractivity contribution is 6.01. The molecule has 0 unspecified atom stereocenters. The predicted octanol–water partition coefficient (Wildman–Crippen LogP) is 3.94. The number of para-hydroxylation sites is 1. The number of hydrogen-bond donors (Lipinski definition) is 1. The second kappa shape index (κ2) is 5.75. The molecule has 0 aromatic heterocycles. The van der Waals surface area contributed by atoms with Crippen LogP contribution in [0.1, 0.15) is 35.4 Å². The number of benzene rings is 2. The third-order valence-electron chi connectivity index (χ3n) is 3.74. The molecule has 2 aromatic rings. The summed E-state index contributed by atoms with van der Waals surface area (Å²) in [6.45, 7) is 2.44. The second-order valence-corrected chi connectivity index (χ2v) is 5.26. The molecule has 0 spiro atoms. The fourth-order valence-corrected chi connectivity index (χ4v) is 2.73. The lowest BCUT2D eigenvalue weighted by molar-refractivity contribution is 0.0680. The van der Waals surface area contributed by atoms with E-state index in [0.717, 1.165) is 12.5 Å². The van der Waals surface area contributed by atoms with E-state index in [0.29, 0.717) is 17.8 Å². The van der Waals surface area contributed by atoms with Crippen molar-refractivity contribution in [3.8, 4) is 0 Å². The zero-order valence-corrected chi connectivity index (χ0v) is 12.1. The van der Waals surface area contributed by atoms with E-state index < -0.39 is 17.8 Å². The minimum atomic E-state index is -0.661. The highest BCUT2D eigenvalue weighted by Crippen LogP contribution is 2.34. The Labute approximate surface area is 127 Å². The van der Waals surface area contributed by atoms with Crippen molar-refractivity contribution in [2.24, 2.45) is 0 Å². The summed E-state index contributed by atoms with van der Waals surface area (Å²) in [5.41, 5.74) is 1.49. The Bertz CT molecular complexity index is 718. The summed E-state index contributed by atoms with van der Waals surface area (Å²) in [4.78, 5) is 14.2. The number of fused-ring (bicyclic) bond motifs is 1. The molecule has 0 aliphatic carbocycles. The summed E-state index contributed by atoms with van der Waals surface area (Å²) in [5.74, 6) is -1.44. The van der Waals surface area contributed by atoms with Gasteiger partial charge in [0.25, 0.3) is 5.91 Å². The Hall–Kier alpha value is -2.43. The molecule has 1 aliphatic rings. The standard InChI is InChI=1S/C17H16F2N2O/c1-2-9-21-16(12-8-7-11(18)10-14(12)19)20-15-6-4-3-5-13(15)17(21)22/h3-8,10,16,20H,2,9H2,1H3/t16-/m1/s1. The third kappa shape index (κ3) is 2.43. The van der Waals surface area contributed by atoms with Gasteiger partial charge in [-0.15, -0.1) is 0 Å². The summed E-state index contributed by atoms with van der Waals surface area (Å²) >= 11 is 0. The van der Waals surface area contributed by atoms with Crippen molar-refractivity contribution in [2.75, 3.05) is 11.9 Å². The molecule has 0 bridgehead atoms. The summed E-state index contributed by atoms with van der Waals surface area (Å²) in [5, 5.41) is 3.18. The lowest BCUT2D eigenvalue weighted by atomic mass is 10.0. The fourth-order valence-electron chi connectivity index (χ4n) is 2.73. The maximum atomic E-state index is 14.1. The molecule has 1 heterocycles. The van der Waals surface area contributed by atoms with Crippen LogP contribution >= 0.6 is 0 Å². The SMILES string of the molecule is CCCN1C(=O)c2ccccc2N[C@H]1c1ccc(F)cc1F. The van der Waals surface area contributed by atoms with Crippen molar-refractivity contribution in [2.45, 2.75) is 19.5 Å². The molecule has 2 aromatic carbocycles. The summed E-state index contributed by atoms with van der Waals surface area (Å²) < 4.78 is 27.3. The molecule has 0 fully saturated rings. The number of nitrogens with zero attached hydrogens (tertiary/aromatic N) is 1. The number of carbonyl (C=O) groups is 1. The van der Waals surface area contributed by atoms with Gasteiger partial charge in [-0.25, -0.2) is 8.78 Å². The first-order chi connectivity index (χ1) is 10.6. The molecule has 3 nitrogen and oxygen atoms in total. The number of anilines is 1. The molecule has 114 valence electrons. The molecule has 0 radical (unpaired) electrons. The first-order valence-corrected chi connectivity index (χ1v) is 7.23. The zero-order valence-electron chi connectivity index (χ0n) is 12.1. The van der Waals surface area contributed by atoms with Crippen molar-refractivity contribution in [3.05, 3.63) is 65.2 Å². The maximum Gasteiger partial charge on any atom is 0.257 e. The number of hydrogen-bond acceptors (Lipinski definition) is 2. The van der Waals surface area contributed by atoms with E-state index in [9.17, 15) is 13.6 Å². The van der Waals surface area contributed by atoms with Crippen molar-refractivity contribution >= 4 is 11.6 Å². The van der Waals surface area contributed by atoms with Gasteiger partial charge in [-0.05, 0) is 30.7 Å². The maximum absolute atomic E-state index is 14.1. The topological polar surface area (TPSA) is 32.3 Å². The number of carbonyl (C=O) groups excluding carboxylic acids is 1. The average Bonchev–Trinajstić information content (AvgIpc) is 2.50. The molecule has 1 N–H and O–H groups in total. The van der Waals surface area contributed by atoms with E-state index >= 15 is 0 Å². The smallest absolute Gasteiger partial charge is 0.257 e. The van der Waals surface area contributed by atoms with Gasteiger partial charge in [0.15, 0.2) is 0 Å². The number of nitrogens with one attached hydrogen (secondary N) is 1. The summed E-state index contributed by atoms with van der Waals surface area (Å²) in [6, 6.07) is 10.6. The van der Waals surface area contributed by atoms with Gasteiger partial charge in [-0.3, -0.25) is 4.79 Å². The Kier molecular flexibility index (Phi) is 3.79. The Morgan fingerprint density at radius 3 is 2.68 bits per heavy atom. The minimum absolute atomic E-state index is 0.148. The number of rotatable bonds is 3. The van der Waals surface area contributed by atoms with E-state index in [1.54, 1.807) is 23.1 Å². The van der Waals surface area contributed by atoms with Crippen molar-refractivity contribution in [1.29, 1.82) is 0 Å². The Balaban J connectivity index is 2.07. The van der Waals surface area contributed by atoms with Crippen molar-refractivity contribution in [1.82, 2.24) is 4.90 Å². The van der Waals surface area contributed by atoms with Crippen LogP contribution in [-0.2, 0) is 0 Å². The van der Waals surface area contributed by atoms with Crippen LogP contribution in [-0.4, -0.2) is 17.4 Å². The molecular weight excluding hydrogens is 286 g/mol. The van der Waals surface area contributed by atoms with E-state index in [-0.39, 0.29) is 11.5 Å². The quantitative estimate of drug-likeness (QED) is 0.931. The first kappa shape index (κ1) is 14.5. The molecule has 1 amide bonds. The largest absolute Gasteiger partial charge is 0.361 e. The van der Waals surface area contributed by atoms with Crippen LogP contribution in [0.2, 0.25) is 0 Å². The normalized spacial score (nSPS) is 17.1. The van der Waals surface area contributed by atoms with Gasteiger partial charge in [-0.2, -0.15) is 0 Å². The molecule has 0 saturated carbocycles. The van der Waals surface area contributed by atoms with Gasteiger partial charge in [0, 0.05) is 23.9 Å². The molecule has 5 heteroatoms. The summed E-state index contributed by atoms with van der Waals surface area (Å²) in [7, 11) is 0. The molecule has 1 aliphatic heterocycles. The monoisotopic (exact) mass is 302 g/mol. The van der Waals surface area contributed by atoms with Crippen LogP contribution in [0.15, 0.2) is 42.5 Å². The van der Waals surface area contributed by atoms with Crippen molar-refractivity contribution < 1.29 is 13.6 Å². The minimum Gasteiger partial charge on any atom is -0.361 e. The third-order valence-corrected chi connectivity index (χ3v) is 3.74. The molecule has 0 saturated heterocycles. The Morgan fingerprint density at radius 1 is 1.18 bits per heavy atom. The molecule has 1 atom stereocenters. The molecular formula is C17H16F2N2O. The fraction of sp³-hybridized carbons (Fsp3) is 0.235. The van der Waals surface area contributed by atoms with Crippen LogP contribution in [0.4, 0.5) is 14.5 Å². The lowest BCUT2D eigenvalue weighted by Crippen LogP contribution is -2.43. The lowest BCUT2D eigenvalue weighted by Gasteiger charge is -2.38. The molecule has 22 heavy (non-hydrogen) atoms. The van der Waals surface area contributed by atoms with E-state index in [1.165, 1.54) is 12.1 Å². The van der Waals surface area contributed by atoms with Crippen LogP contribution in [0.3, 0.4) is 0 Å². The first-order valence-electron chi connectivity index (χ1n) is 7.23. The number of amides is 1. The highest BCUT2D eigenvalue weighted by Gasteiger charge is 2.33. The van der Waals surface area contributed by atoms with Crippen LogP contribution in [0.5, 0.6) is 0 Å². The average molecular weight is 302 g/mol. The summed E-state index contributed by atoms with van der Waals surface area (Å²) in [6.07, 6.45) is 0.109. The van der Waals surface area contributed by atoms with Gasteiger partial charge >= 0.3 is 0 Å². The highest BCUT2D eigenvalue weighted by atomic mass is 19.1. The predicted molar refractivity (Wildman–Crippen MR) is 80.5 cm³/mol. The van der Waals surface area contributed by atoms with Crippen LogP contribution < -0.4 is 5.32 Å². The Morgan fingerprint density at radius 2 is 1.95 bits per heavy atom. The van der Waals surface area contributed by atoms with Crippen LogP contribution in [0.25, 0.3) is 0 Å². The van der Waals surface area contributed by atoms with Gasteiger partial charge in [0.2, 0.25) is 0 Å². The van der Waals surface area contributed by atoms with E-state index in [2.05, 4.69) is 5.32 Å². The van der Waals surface area contributed by atoms with E-state index in [1.807, 2.05) is 13.0 Å². The van der Waals surface area contributed by atoms with Crippen LogP contribution in [0, 0.1) is 11.6 Å². The van der Waals surface area contributed by atoms with Gasteiger partial charge in [0.05, 0.1) is 5.56 Å². The zero-order chi connectivity index (χ0) is 15.7. The second-order valence-electron chi connectivity index (χ2n) is 5.26. The molecule has 3 rings (SSSR count). The van der Waals surface area contributed by atoms with Crippen molar-refractivity contribution in [3.63, 3.8) is 0 Å². The van der Waals surface area contributed by atoms with E-state index in [4.69, 9.17) is 0 Å². The van der Waals surface area contributed by atoms with Gasteiger partial charge in [0.1, 0.15) is 17.8 Å². The van der Waals surface area contributed by atoms with Gasteiger partial charge < -0.3 is 10.2 Å². The number of halogens is 2. The van der Waals surface area contributed by atoms with Gasteiger partial charge in [-0.1, -0.05) is 19.1 Å².